The van der Waals surface area contributed by atoms with Gasteiger partial charge in [-0.1, -0.05) is 48.5 Å². The Balaban J connectivity index is 1.99. The first-order chi connectivity index (χ1) is 11.1. The van der Waals surface area contributed by atoms with E-state index in [1.165, 1.54) is 7.05 Å². The highest BCUT2D eigenvalue weighted by molar-refractivity contribution is 6.02. The second-order valence-corrected chi connectivity index (χ2v) is 5.28. The minimum Gasteiger partial charge on any atom is -0.453 e. The molecule has 0 spiro atoms. The lowest BCUT2D eigenvalue weighted by atomic mass is 10.1. The van der Waals surface area contributed by atoms with Crippen molar-refractivity contribution >= 4 is 16.7 Å². The molecule has 1 aromatic heterocycles. The van der Waals surface area contributed by atoms with Crippen molar-refractivity contribution in [2.24, 2.45) is 7.05 Å². The maximum absolute atomic E-state index is 12.5. The van der Waals surface area contributed by atoms with E-state index in [1.807, 2.05) is 30.3 Å². The SMILES string of the molecule is C[C@H](OC(=O)c1nn(C)c(=O)c2ccccc12)c1ccccc1. The summed E-state index contributed by atoms with van der Waals surface area (Å²) < 4.78 is 6.67. The van der Waals surface area contributed by atoms with Crippen LogP contribution < -0.4 is 5.56 Å². The number of carbonyl (C=O) groups is 1. The number of hydrogen-bond acceptors (Lipinski definition) is 4. The summed E-state index contributed by atoms with van der Waals surface area (Å²) in [6.07, 6.45) is -0.401. The van der Waals surface area contributed by atoms with Gasteiger partial charge in [-0.3, -0.25) is 4.79 Å². The summed E-state index contributed by atoms with van der Waals surface area (Å²) in [6, 6.07) is 16.4. The highest BCUT2D eigenvalue weighted by Crippen LogP contribution is 2.20. The van der Waals surface area contributed by atoms with Crippen molar-refractivity contribution in [2.45, 2.75) is 13.0 Å². The number of nitrogens with zero attached hydrogens (tertiary/aromatic N) is 2. The molecule has 0 radical (unpaired) electrons. The Kier molecular flexibility index (Phi) is 3.93. The van der Waals surface area contributed by atoms with Gasteiger partial charge in [-0.05, 0) is 18.6 Å². The molecule has 0 aliphatic heterocycles. The summed E-state index contributed by atoms with van der Waals surface area (Å²) in [7, 11) is 1.52. The van der Waals surface area contributed by atoms with Gasteiger partial charge >= 0.3 is 5.97 Å². The van der Waals surface area contributed by atoms with Gasteiger partial charge in [-0.25, -0.2) is 9.48 Å². The van der Waals surface area contributed by atoms with Crippen molar-refractivity contribution in [3.63, 3.8) is 0 Å². The third-order valence-electron chi connectivity index (χ3n) is 3.70. The number of rotatable bonds is 3. The third kappa shape index (κ3) is 2.85. The monoisotopic (exact) mass is 308 g/mol. The molecule has 2 aromatic carbocycles. The summed E-state index contributed by atoms with van der Waals surface area (Å²) in [6.45, 7) is 1.80. The van der Waals surface area contributed by atoms with Gasteiger partial charge in [0.25, 0.3) is 5.56 Å². The van der Waals surface area contributed by atoms with Crippen LogP contribution in [0.4, 0.5) is 0 Å². The van der Waals surface area contributed by atoms with E-state index in [-0.39, 0.29) is 11.3 Å². The average molecular weight is 308 g/mol. The van der Waals surface area contributed by atoms with E-state index >= 15 is 0 Å². The van der Waals surface area contributed by atoms with Crippen molar-refractivity contribution in [1.82, 2.24) is 9.78 Å². The molecule has 0 fully saturated rings. The van der Waals surface area contributed by atoms with Crippen LogP contribution in [-0.4, -0.2) is 15.7 Å². The van der Waals surface area contributed by atoms with Crippen molar-refractivity contribution in [2.75, 3.05) is 0 Å². The van der Waals surface area contributed by atoms with E-state index in [0.29, 0.717) is 10.8 Å². The molecule has 5 heteroatoms. The molecular formula is C18H16N2O3. The second kappa shape index (κ2) is 6.04. The molecule has 23 heavy (non-hydrogen) atoms. The number of aromatic nitrogens is 2. The number of aryl methyl sites for hydroxylation is 1. The van der Waals surface area contributed by atoms with Gasteiger partial charge in [-0.2, -0.15) is 5.10 Å². The first kappa shape index (κ1) is 15.0. The molecule has 0 aliphatic carbocycles. The Bertz CT molecular complexity index is 916. The number of carbonyl (C=O) groups excluding carboxylic acids is 1. The lowest BCUT2D eigenvalue weighted by molar-refractivity contribution is 0.0331. The highest BCUT2D eigenvalue weighted by atomic mass is 16.5. The van der Waals surface area contributed by atoms with Gasteiger partial charge in [-0.15, -0.1) is 0 Å². The quantitative estimate of drug-likeness (QED) is 0.698. The van der Waals surface area contributed by atoms with E-state index in [1.54, 1.807) is 31.2 Å². The Morgan fingerprint density at radius 2 is 1.65 bits per heavy atom. The number of benzene rings is 2. The molecule has 116 valence electrons. The minimum absolute atomic E-state index is 0.144. The Morgan fingerprint density at radius 1 is 1.04 bits per heavy atom. The van der Waals surface area contributed by atoms with Crippen LogP contribution in [-0.2, 0) is 11.8 Å². The molecule has 1 atom stereocenters. The summed E-state index contributed by atoms with van der Waals surface area (Å²) in [5, 5.41) is 5.03. The van der Waals surface area contributed by atoms with Crippen LogP contribution in [0.15, 0.2) is 59.4 Å². The number of ether oxygens (including phenoxy) is 1. The number of esters is 1. The van der Waals surface area contributed by atoms with Crippen molar-refractivity contribution in [3.8, 4) is 0 Å². The highest BCUT2D eigenvalue weighted by Gasteiger charge is 2.19. The van der Waals surface area contributed by atoms with E-state index in [4.69, 9.17) is 4.74 Å². The molecule has 3 aromatic rings. The zero-order valence-corrected chi connectivity index (χ0v) is 12.9. The lowest BCUT2D eigenvalue weighted by Gasteiger charge is -2.14. The molecule has 3 rings (SSSR count). The molecular weight excluding hydrogens is 292 g/mol. The fourth-order valence-electron chi connectivity index (χ4n) is 2.46. The average Bonchev–Trinajstić information content (AvgIpc) is 2.58. The molecule has 0 saturated heterocycles. The maximum Gasteiger partial charge on any atom is 0.360 e. The topological polar surface area (TPSA) is 61.2 Å². The Morgan fingerprint density at radius 3 is 2.35 bits per heavy atom. The van der Waals surface area contributed by atoms with Crippen LogP contribution in [0.3, 0.4) is 0 Å². The van der Waals surface area contributed by atoms with Crippen LogP contribution >= 0.6 is 0 Å². The van der Waals surface area contributed by atoms with Crippen LogP contribution in [0, 0.1) is 0 Å². The largest absolute Gasteiger partial charge is 0.453 e. The molecule has 0 bridgehead atoms. The molecule has 0 unspecified atom stereocenters. The summed E-state index contributed by atoms with van der Waals surface area (Å²) in [5.74, 6) is -0.548. The predicted molar refractivity (Wildman–Crippen MR) is 87.3 cm³/mol. The fraction of sp³-hybridized carbons (Fsp3) is 0.167. The normalized spacial score (nSPS) is 12.1. The van der Waals surface area contributed by atoms with E-state index in [0.717, 1.165) is 10.2 Å². The summed E-state index contributed by atoms with van der Waals surface area (Å²) >= 11 is 0. The van der Waals surface area contributed by atoms with Gasteiger partial charge in [0.1, 0.15) is 6.10 Å². The molecule has 0 aliphatic rings. The zero-order valence-electron chi connectivity index (χ0n) is 12.9. The van der Waals surface area contributed by atoms with E-state index in [2.05, 4.69) is 5.10 Å². The molecule has 0 saturated carbocycles. The smallest absolute Gasteiger partial charge is 0.360 e. The first-order valence-electron chi connectivity index (χ1n) is 7.30. The third-order valence-corrected chi connectivity index (χ3v) is 3.70. The summed E-state index contributed by atoms with van der Waals surface area (Å²) in [4.78, 5) is 24.6. The van der Waals surface area contributed by atoms with Gasteiger partial charge in [0.15, 0.2) is 5.69 Å². The zero-order chi connectivity index (χ0) is 16.4. The Hall–Kier alpha value is -2.95. The fourth-order valence-corrected chi connectivity index (χ4v) is 2.46. The van der Waals surface area contributed by atoms with Crippen LogP contribution in [0.25, 0.3) is 10.8 Å². The molecule has 1 heterocycles. The van der Waals surface area contributed by atoms with Gasteiger partial charge in [0.2, 0.25) is 0 Å². The maximum atomic E-state index is 12.5. The van der Waals surface area contributed by atoms with Gasteiger partial charge in [0, 0.05) is 12.4 Å². The van der Waals surface area contributed by atoms with Crippen LogP contribution in [0.2, 0.25) is 0 Å². The first-order valence-corrected chi connectivity index (χ1v) is 7.30. The Labute approximate surface area is 133 Å². The molecule has 0 amide bonds. The number of hydrogen-bond donors (Lipinski definition) is 0. The second-order valence-electron chi connectivity index (χ2n) is 5.28. The van der Waals surface area contributed by atoms with E-state index in [9.17, 15) is 9.59 Å². The molecule has 5 nitrogen and oxygen atoms in total. The van der Waals surface area contributed by atoms with E-state index < -0.39 is 12.1 Å². The van der Waals surface area contributed by atoms with Crippen LogP contribution in [0.1, 0.15) is 29.1 Å². The predicted octanol–water partition coefficient (Wildman–Crippen LogP) is 2.85. The van der Waals surface area contributed by atoms with Gasteiger partial charge in [0.05, 0.1) is 5.39 Å². The van der Waals surface area contributed by atoms with Crippen molar-refractivity contribution in [1.29, 1.82) is 0 Å². The van der Waals surface area contributed by atoms with Gasteiger partial charge < -0.3 is 4.74 Å². The lowest BCUT2D eigenvalue weighted by Crippen LogP contribution is -2.24. The van der Waals surface area contributed by atoms with Crippen molar-refractivity contribution < 1.29 is 9.53 Å². The number of fused-ring (bicyclic) bond motifs is 1. The van der Waals surface area contributed by atoms with Crippen molar-refractivity contribution in [3.05, 3.63) is 76.2 Å². The summed E-state index contributed by atoms with van der Waals surface area (Å²) in [5.41, 5.74) is 0.800. The molecule has 0 N–H and O–H groups in total. The minimum atomic E-state index is -0.548. The van der Waals surface area contributed by atoms with Crippen LogP contribution in [0.5, 0.6) is 0 Å². The standard InChI is InChI=1S/C18H16N2O3/c1-12(13-8-4-3-5-9-13)23-18(22)16-14-10-6-7-11-15(14)17(21)20(2)19-16/h3-12H,1-2H3/t12-/m0/s1.